The summed E-state index contributed by atoms with van der Waals surface area (Å²) in [4.78, 5) is 33.4. The van der Waals surface area contributed by atoms with Gasteiger partial charge >= 0.3 is 0 Å². The van der Waals surface area contributed by atoms with E-state index < -0.39 is 0 Å². The number of hydrogen-bond acceptors (Lipinski definition) is 7. The first kappa shape index (κ1) is 16.8. The van der Waals surface area contributed by atoms with Crippen molar-refractivity contribution in [2.75, 3.05) is 11.1 Å². The third kappa shape index (κ3) is 3.49. The molecular weight excluding hydrogens is 372 g/mol. The lowest BCUT2D eigenvalue weighted by atomic mass is 10.3. The van der Waals surface area contributed by atoms with Crippen molar-refractivity contribution in [1.29, 1.82) is 0 Å². The van der Waals surface area contributed by atoms with Crippen LogP contribution in [0, 0.1) is 6.92 Å². The van der Waals surface area contributed by atoms with Crippen molar-refractivity contribution in [2.24, 2.45) is 0 Å². The van der Waals surface area contributed by atoms with Crippen molar-refractivity contribution in [3.8, 4) is 0 Å². The Morgan fingerprint density at radius 3 is 3.12 bits per heavy atom. The molecule has 0 saturated heterocycles. The molecule has 1 N–H and O–H groups in total. The van der Waals surface area contributed by atoms with Gasteiger partial charge in [0.15, 0.2) is 16.4 Å². The van der Waals surface area contributed by atoms with E-state index in [1.807, 2.05) is 5.38 Å². The molecule has 26 heavy (non-hydrogen) atoms. The zero-order valence-corrected chi connectivity index (χ0v) is 15.4. The van der Waals surface area contributed by atoms with Crippen LogP contribution in [0.25, 0.3) is 16.1 Å². The molecule has 9 heteroatoms. The van der Waals surface area contributed by atoms with Crippen LogP contribution in [0.15, 0.2) is 45.1 Å². The van der Waals surface area contributed by atoms with Crippen LogP contribution in [0.5, 0.6) is 0 Å². The minimum absolute atomic E-state index is 0.104. The van der Waals surface area contributed by atoms with E-state index in [0.29, 0.717) is 39.1 Å². The van der Waals surface area contributed by atoms with Crippen LogP contribution in [0.1, 0.15) is 11.6 Å². The molecule has 0 spiro atoms. The molecule has 0 aliphatic rings. The number of benzene rings is 1. The Hall–Kier alpha value is -2.65. The molecule has 0 fully saturated rings. The monoisotopic (exact) mass is 386 g/mol. The SMILES string of the molecule is Cc1nc2cc(NC(=O)CSCc3cc(=O)n4ccsc4n3)ccc2o1. The maximum atomic E-state index is 12.1. The van der Waals surface area contributed by atoms with E-state index in [4.69, 9.17) is 4.42 Å². The quantitative estimate of drug-likeness (QED) is 0.567. The summed E-state index contributed by atoms with van der Waals surface area (Å²) >= 11 is 2.82. The van der Waals surface area contributed by atoms with Gasteiger partial charge in [-0.05, 0) is 18.2 Å². The van der Waals surface area contributed by atoms with E-state index in [1.165, 1.54) is 33.6 Å². The van der Waals surface area contributed by atoms with Crippen molar-refractivity contribution in [2.45, 2.75) is 12.7 Å². The second-order valence-electron chi connectivity index (χ2n) is 5.60. The number of oxazole rings is 1. The second kappa shape index (κ2) is 6.93. The van der Waals surface area contributed by atoms with Crippen molar-refractivity contribution in [1.82, 2.24) is 14.4 Å². The van der Waals surface area contributed by atoms with Gasteiger partial charge in [-0.1, -0.05) is 0 Å². The number of hydrogen-bond donors (Lipinski definition) is 1. The Bertz CT molecular complexity index is 1160. The number of thiazole rings is 1. The molecule has 0 atom stereocenters. The fourth-order valence-electron chi connectivity index (χ4n) is 2.53. The maximum absolute atomic E-state index is 12.1. The highest BCUT2D eigenvalue weighted by Crippen LogP contribution is 2.20. The minimum Gasteiger partial charge on any atom is -0.441 e. The van der Waals surface area contributed by atoms with E-state index in [0.717, 1.165) is 0 Å². The lowest BCUT2D eigenvalue weighted by Gasteiger charge is -2.05. The highest BCUT2D eigenvalue weighted by atomic mass is 32.2. The van der Waals surface area contributed by atoms with Gasteiger partial charge in [0, 0.05) is 36.0 Å². The summed E-state index contributed by atoms with van der Waals surface area (Å²) in [6.45, 7) is 1.78. The van der Waals surface area contributed by atoms with Crippen LogP contribution in [0.2, 0.25) is 0 Å². The van der Waals surface area contributed by atoms with E-state index in [2.05, 4.69) is 15.3 Å². The lowest BCUT2D eigenvalue weighted by Crippen LogP contribution is -2.15. The number of rotatable bonds is 5. The fourth-order valence-corrected chi connectivity index (χ4v) is 3.98. The smallest absolute Gasteiger partial charge is 0.258 e. The number of carbonyl (C=O) groups is 1. The summed E-state index contributed by atoms with van der Waals surface area (Å²) in [7, 11) is 0. The number of amides is 1. The molecule has 7 nitrogen and oxygen atoms in total. The van der Waals surface area contributed by atoms with E-state index >= 15 is 0 Å². The molecule has 0 aliphatic carbocycles. The molecule has 132 valence electrons. The van der Waals surface area contributed by atoms with E-state index in [-0.39, 0.29) is 17.2 Å². The number of nitrogens with zero attached hydrogens (tertiary/aromatic N) is 3. The molecule has 3 heterocycles. The molecule has 3 aromatic heterocycles. The van der Waals surface area contributed by atoms with Gasteiger partial charge in [0.1, 0.15) is 5.52 Å². The van der Waals surface area contributed by atoms with Gasteiger partial charge in [0.2, 0.25) is 5.91 Å². The normalized spacial score (nSPS) is 11.3. The van der Waals surface area contributed by atoms with Crippen LogP contribution in [0.3, 0.4) is 0 Å². The number of anilines is 1. The number of thioether (sulfide) groups is 1. The Kier molecular flexibility index (Phi) is 4.48. The Morgan fingerprint density at radius 1 is 1.35 bits per heavy atom. The summed E-state index contributed by atoms with van der Waals surface area (Å²) in [5.41, 5.74) is 2.65. The number of aromatic nitrogens is 3. The van der Waals surface area contributed by atoms with Crippen LogP contribution >= 0.6 is 23.1 Å². The van der Waals surface area contributed by atoms with Crippen molar-refractivity contribution >= 4 is 50.8 Å². The van der Waals surface area contributed by atoms with Gasteiger partial charge in [0.05, 0.1) is 11.4 Å². The molecule has 0 radical (unpaired) electrons. The predicted molar refractivity (Wildman–Crippen MR) is 103 cm³/mol. The van der Waals surface area contributed by atoms with Crippen LogP contribution < -0.4 is 10.9 Å². The Morgan fingerprint density at radius 2 is 2.23 bits per heavy atom. The van der Waals surface area contributed by atoms with Gasteiger partial charge in [-0.2, -0.15) is 0 Å². The van der Waals surface area contributed by atoms with Gasteiger partial charge in [-0.3, -0.25) is 14.0 Å². The van der Waals surface area contributed by atoms with E-state index in [1.54, 1.807) is 31.3 Å². The molecular formula is C17H14N4O3S2. The lowest BCUT2D eigenvalue weighted by molar-refractivity contribution is -0.113. The predicted octanol–water partition coefficient (Wildman–Crippen LogP) is 3.08. The summed E-state index contributed by atoms with van der Waals surface area (Å²) < 4.78 is 6.92. The number of nitrogens with one attached hydrogen (secondary N) is 1. The summed E-state index contributed by atoms with van der Waals surface area (Å²) in [5, 5.41) is 4.66. The largest absolute Gasteiger partial charge is 0.441 e. The molecule has 1 aromatic carbocycles. The zero-order chi connectivity index (χ0) is 18.1. The molecule has 0 unspecified atom stereocenters. The highest BCUT2D eigenvalue weighted by molar-refractivity contribution is 7.99. The first-order valence-electron chi connectivity index (χ1n) is 7.79. The van der Waals surface area contributed by atoms with Crippen molar-refractivity contribution in [3.63, 3.8) is 0 Å². The second-order valence-corrected chi connectivity index (χ2v) is 7.46. The van der Waals surface area contributed by atoms with Crippen LogP contribution in [0.4, 0.5) is 5.69 Å². The summed E-state index contributed by atoms with van der Waals surface area (Å²) in [5.74, 6) is 1.23. The molecule has 1 amide bonds. The third-order valence-electron chi connectivity index (χ3n) is 3.62. The topological polar surface area (TPSA) is 89.5 Å². The van der Waals surface area contributed by atoms with Gasteiger partial charge in [0.25, 0.3) is 5.56 Å². The van der Waals surface area contributed by atoms with E-state index in [9.17, 15) is 9.59 Å². The van der Waals surface area contributed by atoms with Crippen LogP contribution in [-0.2, 0) is 10.5 Å². The minimum atomic E-state index is -0.122. The highest BCUT2D eigenvalue weighted by Gasteiger charge is 2.08. The zero-order valence-electron chi connectivity index (χ0n) is 13.8. The van der Waals surface area contributed by atoms with Crippen LogP contribution in [-0.4, -0.2) is 26.0 Å². The average Bonchev–Trinajstić information content (AvgIpc) is 3.20. The molecule has 0 saturated carbocycles. The number of aryl methyl sites for hydroxylation is 1. The summed E-state index contributed by atoms with van der Waals surface area (Å²) in [6, 6.07) is 6.85. The average molecular weight is 386 g/mol. The fraction of sp³-hybridized carbons (Fsp3) is 0.176. The number of fused-ring (bicyclic) bond motifs is 2. The van der Waals surface area contributed by atoms with Crippen molar-refractivity contribution < 1.29 is 9.21 Å². The summed E-state index contributed by atoms with van der Waals surface area (Å²) in [6.07, 6.45) is 1.70. The third-order valence-corrected chi connectivity index (χ3v) is 5.34. The Balaban J connectivity index is 1.36. The molecule has 4 rings (SSSR count). The van der Waals surface area contributed by atoms with Gasteiger partial charge < -0.3 is 9.73 Å². The first-order chi connectivity index (χ1) is 12.6. The maximum Gasteiger partial charge on any atom is 0.258 e. The first-order valence-corrected chi connectivity index (χ1v) is 9.82. The molecule has 4 aromatic rings. The number of carbonyl (C=O) groups excluding carboxylic acids is 1. The van der Waals surface area contributed by atoms with Gasteiger partial charge in [-0.25, -0.2) is 9.97 Å². The van der Waals surface area contributed by atoms with Crippen molar-refractivity contribution in [3.05, 3.63) is 57.8 Å². The molecule has 0 aliphatic heterocycles. The Labute approximate surface area is 156 Å². The standard InChI is InChI=1S/C17H14N4O3S2/c1-10-18-13-6-11(2-3-14(13)24-10)19-15(22)9-25-8-12-7-16(23)21-4-5-26-17(21)20-12/h2-7H,8-9H2,1H3,(H,19,22). The van der Waals surface area contributed by atoms with Gasteiger partial charge in [-0.15, -0.1) is 23.1 Å². The molecule has 0 bridgehead atoms.